The molecule has 1 saturated heterocycles. The number of ether oxygens (including phenoxy) is 1. The van der Waals surface area contributed by atoms with Gasteiger partial charge in [-0.3, -0.25) is 0 Å². The summed E-state index contributed by atoms with van der Waals surface area (Å²) in [5.74, 6) is 0.911. The molecule has 6 heteroatoms. The van der Waals surface area contributed by atoms with E-state index in [2.05, 4.69) is 29.2 Å². The molecular formula is C18H19NO3S2. The third kappa shape index (κ3) is 2.84. The van der Waals surface area contributed by atoms with Crippen molar-refractivity contribution in [3.05, 3.63) is 42.1 Å². The Morgan fingerprint density at radius 3 is 2.67 bits per heavy atom. The molecule has 0 spiro atoms. The van der Waals surface area contributed by atoms with Crippen molar-refractivity contribution >= 4 is 32.1 Å². The van der Waals surface area contributed by atoms with Crippen LogP contribution in [0.4, 0.5) is 0 Å². The fraction of sp³-hybridized carbons (Fsp3) is 0.333. The van der Waals surface area contributed by atoms with E-state index in [1.165, 1.54) is 21.4 Å². The summed E-state index contributed by atoms with van der Waals surface area (Å²) >= 11 is 1.63. The summed E-state index contributed by atoms with van der Waals surface area (Å²) in [6, 6.07) is 10.5. The second kappa shape index (κ2) is 5.93. The highest BCUT2D eigenvalue weighted by molar-refractivity contribution is 7.91. The molecule has 3 heterocycles. The lowest BCUT2D eigenvalue weighted by Crippen LogP contribution is -2.21. The van der Waals surface area contributed by atoms with Gasteiger partial charge >= 0.3 is 0 Å². The molecule has 0 unspecified atom stereocenters. The molecule has 0 aliphatic carbocycles. The van der Waals surface area contributed by atoms with E-state index in [1.807, 2.05) is 12.3 Å². The monoisotopic (exact) mass is 361 g/mol. The number of rotatable bonds is 3. The van der Waals surface area contributed by atoms with E-state index in [9.17, 15) is 8.42 Å². The molecule has 1 fully saturated rings. The lowest BCUT2D eigenvalue weighted by Gasteiger charge is -2.21. The Bertz CT molecular complexity index is 971. The van der Waals surface area contributed by atoms with Gasteiger partial charge in [0.2, 0.25) is 0 Å². The Kier molecular flexibility index (Phi) is 3.89. The average Bonchev–Trinajstić information content (AvgIpc) is 3.21. The lowest BCUT2D eigenvalue weighted by molar-refractivity contribution is 0.427. The molecule has 0 bridgehead atoms. The van der Waals surface area contributed by atoms with Crippen molar-refractivity contribution in [3.63, 3.8) is 0 Å². The summed E-state index contributed by atoms with van der Waals surface area (Å²) in [5.41, 5.74) is 3.51. The Balaban J connectivity index is 1.71. The Hall–Kier alpha value is -1.79. The van der Waals surface area contributed by atoms with Gasteiger partial charge in [-0.1, -0.05) is 17.4 Å². The number of sulfone groups is 1. The summed E-state index contributed by atoms with van der Waals surface area (Å²) in [6.07, 6.45) is 3.48. The van der Waals surface area contributed by atoms with E-state index in [0.29, 0.717) is 30.3 Å². The van der Waals surface area contributed by atoms with Gasteiger partial charge in [0.1, 0.15) is 9.84 Å². The van der Waals surface area contributed by atoms with Gasteiger partial charge in [-0.15, -0.1) is 0 Å². The number of H-pyrrole nitrogens is 1. The average molecular weight is 361 g/mol. The van der Waals surface area contributed by atoms with Gasteiger partial charge in [0.15, 0.2) is 5.06 Å². The van der Waals surface area contributed by atoms with Gasteiger partial charge in [0.05, 0.1) is 18.6 Å². The molecule has 4 rings (SSSR count). The zero-order chi connectivity index (χ0) is 16.7. The first-order valence-electron chi connectivity index (χ1n) is 8.01. The molecule has 1 aromatic carbocycles. The lowest BCUT2D eigenvalue weighted by atomic mass is 9.92. The van der Waals surface area contributed by atoms with Gasteiger partial charge in [0.25, 0.3) is 0 Å². The number of aromatic nitrogens is 1. The van der Waals surface area contributed by atoms with E-state index in [1.54, 1.807) is 18.4 Å². The number of aromatic amines is 1. The third-order valence-electron chi connectivity index (χ3n) is 4.78. The van der Waals surface area contributed by atoms with E-state index >= 15 is 0 Å². The van der Waals surface area contributed by atoms with Crippen molar-refractivity contribution in [1.29, 1.82) is 0 Å². The highest BCUT2D eigenvalue weighted by Gasteiger charge is 2.26. The van der Waals surface area contributed by atoms with Crippen LogP contribution in [-0.4, -0.2) is 32.0 Å². The van der Waals surface area contributed by atoms with E-state index in [-0.39, 0.29) is 0 Å². The van der Waals surface area contributed by atoms with Gasteiger partial charge in [-0.05, 0) is 54.2 Å². The van der Waals surface area contributed by atoms with Crippen LogP contribution in [0.3, 0.4) is 0 Å². The van der Waals surface area contributed by atoms with Gasteiger partial charge < -0.3 is 9.72 Å². The number of benzene rings is 1. The third-order valence-corrected chi connectivity index (χ3v) is 7.59. The largest absolute Gasteiger partial charge is 0.487 e. The molecule has 0 radical (unpaired) electrons. The SMILES string of the molecule is COc1ccc(-c2ccc3[nH]cc(C4CCS(=O)(=O)CC4)c3c2)s1. The molecular weight excluding hydrogens is 342 g/mol. The van der Waals surface area contributed by atoms with Crippen LogP contribution in [0.5, 0.6) is 5.06 Å². The normalized spacial score (nSPS) is 18.0. The Morgan fingerprint density at radius 1 is 1.17 bits per heavy atom. The van der Waals surface area contributed by atoms with Crippen LogP contribution in [0.2, 0.25) is 0 Å². The zero-order valence-corrected chi connectivity index (χ0v) is 15.0. The number of fused-ring (bicyclic) bond motifs is 1. The molecule has 0 amide bonds. The number of thiophene rings is 1. The van der Waals surface area contributed by atoms with Crippen LogP contribution in [0.1, 0.15) is 24.3 Å². The predicted octanol–water partition coefficient (Wildman–Crippen LogP) is 4.20. The van der Waals surface area contributed by atoms with Crippen molar-refractivity contribution in [2.45, 2.75) is 18.8 Å². The van der Waals surface area contributed by atoms with E-state index in [4.69, 9.17) is 4.74 Å². The minimum absolute atomic E-state index is 0.298. The highest BCUT2D eigenvalue weighted by Crippen LogP contribution is 2.38. The van der Waals surface area contributed by atoms with Crippen LogP contribution >= 0.6 is 11.3 Å². The second-order valence-corrected chi connectivity index (χ2v) is 9.60. The summed E-state index contributed by atoms with van der Waals surface area (Å²) in [5, 5.41) is 2.10. The van der Waals surface area contributed by atoms with Crippen molar-refractivity contribution < 1.29 is 13.2 Å². The first kappa shape index (κ1) is 15.7. The minimum Gasteiger partial charge on any atom is -0.487 e. The van der Waals surface area contributed by atoms with Gasteiger partial charge in [-0.2, -0.15) is 0 Å². The van der Waals surface area contributed by atoms with Crippen LogP contribution in [0.25, 0.3) is 21.3 Å². The summed E-state index contributed by atoms with van der Waals surface area (Å²) in [7, 11) is -1.15. The highest BCUT2D eigenvalue weighted by atomic mass is 32.2. The summed E-state index contributed by atoms with van der Waals surface area (Å²) in [4.78, 5) is 4.50. The number of nitrogens with one attached hydrogen (secondary N) is 1. The smallest absolute Gasteiger partial charge is 0.173 e. The van der Waals surface area contributed by atoms with Crippen LogP contribution in [0, 0.1) is 0 Å². The van der Waals surface area contributed by atoms with Crippen LogP contribution in [0.15, 0.2) is 36.5 Å². The Morgan fingerprint density at radius 2 is 1.96 bits per heavy atom. The molecule has 1 aliphatic rings. The van der Waals surface area contributed by atoms with Crippen molar-refractivity contribution in [2.75, 3.05) is 18.6 Å². The fourth-order valence-corrected chi connectivity index (χ4v) is 5.73. The first-order chi connectivity index (χ1) is 11.6. The maximum atomic E-state index is 11.7. The van der Waals surface area contributed by atoms with Crippen LogP contribution in [-0.2, 0) is 9.84 Å². The van der Waals surface area contributed by atoms with Crippen molar-refractivity contribution in [2.24, 2.45) is 0 Å². The summed E-state index contributed by atoms with van der Waals surface area (Å²) in [6.45, 7) is 0. The maximum Gasteiger partial charge on any atom is 0.173 e. The topological polar surface area (TPSA) is 59.2 Å². The van der Waals surface area contributed by atoms with Crippen molar-refractivity contribution in [1.82, 2.24) is 4.98 Å². The fourth-order valence-electron chi connectivity index (χ4n) is 3.42. The minimum atomic E-state index is -2.83. The maximum absolute atomic E-state index is 11.7. The number of hydrogen-bond donors (Lipinski definition) is 1. The molecule has 126 valence electrons. The molecule has 4 nitrogen and oxygen atoms in total. The molecule has 24 heavy (non-hydrogen) atoms. The molecule has 1 aliphatic heterocycles. The van der Waals surface area contributed by atoms with Gasteiger partial charge in [0, 0.05) is 22.0 Å². The quantitative estimate of drug-likeness (QED) is 0.761. The standard InChI is InChI=1S/C18H19NO3S2/c1-22-18-5-4-17(23-18)13-2-3-16-14(10-13)15(11-19-16)12-6-8-24(20,21)9-7-12/h2-5,10-12,19H,6-9H2,1H3. The predicted molar refractivity (Wildman–Crippen MR) is 98.8 cm³/mol. The second-order valence-electron chi connectivity index (χ2n) is 6.25. The molecule has 3 aromatic rings. The van der Waals surface area contributed by atoms with E-state index in [0.717, 1.165) is 10.6 Å². The molecule has 0 saturated carbocycles. The van der Waals surface area contributed by atoms with Crippen LogP contribution < -0.4 is 4.74 Å². The molecule has 2 aromatic heterocycles. The molecule has 0 atom stereocenters. The number of methoxy groups -OCH3 is 1. The summed E-state index contributed by atoms with van der Waals surface area (Å²) < 4.78 is 28.6. The number of hydrogen-bond acceptors (Lipinski definition) is 4. The van der Waals surface area contributed by atoms with E-state index < -0.39 is 9.84 Å². The Labute approximate surface area is 145 Å². The van der Waals surface area contributed by atoms with Crippen molar-refractivity contribution in [3.8, 4) is 15.5 Å². The first-order valence-corrected chi connectivity index (χ1v) is 10.7. The molecule has 1 N–H and O–H groups in total. The zero-order valence-electron chi connectivity index (χ0n) is 13.4. The van der Waals surface area contributed by atoms with Gasteiger partial charge in [-0.25, -0.2) is 8.42 Å².